The molecule has 2 unspecified atom stereocenters. The Hall–Kier alpha value is -2.35. The van der Waals surface area contributed by atoms with Gasteiger partial charge in [-0.2, -0.15) is 5.26 Å². The predicted molar refractivity (Wildman–Crippen MR) is 90.1 cm³/mol. The molecule has 2 aromatic rings. The molecule has 2 aromatic carbocycles. The van der Waals surface area contributed by atoms with E-state index in [9.17, 15) is 5.11 Å². The summed E-state index contributed by atoms with van der Waals surface area (Å²) < 4.78 is 5.17. The third-order valence-electron chi connectivity index (χ3n) is 3.91. The summed E-state index contributed by atoms with van der Waals surface area (Å²) in [4.78, 5) is 0. The monoisotopic (exact) mass is 310 g/mol. The summed E-state index contributed by atoms with van der Waals surface area (Å²) in [6.07, 6.45) is 0.321. The first-order chi connectivity index (χ1) is 11.2. The lowest BCUT2D eigenvalue weighted by atomic mass is 10.0. The van der Waals surface area contributed by atoms with Crippen LogP contribution in [0.2, 0.25) is 0 Å². The van der Waals surface area contributed by atoms with Gasteiger partial charge in [0.2, 0.25) is 0 Å². The minimum Gasteiger partial charge on any atom is -0.497 e. The molecule has 23 heavy (non-hydrogen) atoms. The quantitative estimate of drug-likeness (QED) is 0.823. The lowest BCUT2D eigenvalue weighted by Gasteiger charge is -2.20. The van der Waals surface area contributed by atoms with Crippen LogP contribution in [0.15, 0.2) is 48.5 Å². The smallest absolute Gasteiger partial charge is 0.118 e. The topological polar surface area (TPSA) is 65.3 Å². The van der Waals surface area contributed by atoms with Crippen molar-refractivity contribution in [1.29, 1.82) is 5.26 Å². The van der Waals surface area contributed by atoms with Crippen molar-refractivity contribution in [3.63, 3.8) is 0 Å². The Labute approximate surface area is 137 Å². The molecule has 2 N–H and O–H groups in total. The van der Waals surface area contributed by atoms with Gasteiger partial charge in [0.15, 0.2) is 0 Å². The lowest BCUT2D eigenvalue weighted by molar-refractivity contribution is 0.169. The van der Waals surface area contributed by atoms with E-state index in [0.29, 0.717) is 12.1 Å². The molecule has 0 heterocycles. The fourth-order valence-corrected chi connectivity index (χ4v) is 2.49. The zero-order chi connectivity index (χ0) is 16.7. The predicted octanol–water partition coefficient (Wildman–Crippen LogP) is 3.34. The Balaban J connectivity index is 1.97. The van der Waals surface area contributed by atoms with E-state index in [-0.39, 0.29) is 6.04 Å². The normalized spacial score (nSPS) is 13.1. The van der Waals surface area contributed by atoms with Crippen LogP contribution >= 0.6 is 0 Å². The summed E-state index contributed by atoms with van der Waals surface area (Å²) in [6.45, 7) is 2.56. The maximum Gasteiger partial charge on any atom is 0.118 e. The molecule has 0 saturated carbocycles. The van der Waals surface area contributed by atoms with E-state index in [1.165, 1.54) is 5.56 Å². The zero-order valence-corrected chi connectivity index (χ0v) is 13.5. The highest BCUT2D eigenvalue weighted by atomic mass is 16.5. The van der Waals surface area contributed by atoms with Crippen molar-refractivity contribution in [3.05, 3.63) is 65.2 Å². The number of aliphatic hydroxyl groups is 1. The number of nitrogens with zero attached hydrogens (tertiary/aromatic N) is 1. The highest BCUT2D eigenvalue weighted by molar-refractivity contribution is 5.32. The van der Waals surface area contributed by atoms with E-state index in [0.717, 1.165) is 17.7 Å². The summed E-state index contributed by atoms with van der Waals surface area (Å²) in [5.41, 5.74) is 2.57. The van der Waals surface area contributed by atoms with Gasteiger partial charge in [-0.3, -0.25) is 0 Å². The Morgan fingerprint density at radius 1 is 1.09 bits per heavy atom. The van der Waals surface area contributed by atoms with Gasteiger partial charge in [-0.15, -0.1) is 0 Å². The van der Waals surface area contributed by atoms with Crippen molar-refractivity contribution >= 4 is 0 Å². The molecule has 2 atom stereocenters. The molecule has 0 aliphatic carbocycles. The second-order valence-corrected chi connectivity index (χ2v) is 5.39. The molecule has 120 valence electrons. The molecule has 0 fully saturated rings. The molecular formula is C19H22N2O2. The largest absolute Gasteiger partial charge is 0.497 e. The molecule has 0 amide bonds. The fourth-order valence-electron chi connectivity index (χ4n) is 2.49. The number of methoxy groups -OCH3 is 1. The minimum atomic E-state index is -0.602. The average molecular weight is 310 g/mol. The van der Waals surface area contributed by atoms with Gasteiger partial charge in [-0.1, -0.05) is 31.2 Å². The Morgan fingerprint density at radius 2 is 1.70 bits per heavy atom. The molecule has 0 bridgehead atoms. The van der Waals surface area contributed by atoms with Gasteiger partial charge in [0, 0.05) is 12.6 Å². The maximum absolute atomic E-state index is 10.3. The number of rotatable bonds is 7. The van der Waals surface area contributed by atoms with Crippen molar-refractivity contribution in [2.24, 2.45) is 0 Å². The van der Waals surface area contributed by atoms with Crippen molar-refractivity contribution in [2.45, 2.75) is 25.5 Å². The SMILES string of the molecule is CCC(NCC(O)c1ccc(C#N)cc1)c1ccc(OC)cc1. The summed E-state index contributed by atoms with van der Waals surface area (Å²) in [7, 11) is 1.65. The summed E-state index contributed by atoms with van der Waals surface area (Å²) in [6, 6.07) is 17.2. The van der Waals surface area contributed by atoms with Gasteiger partial charge < -0.3 is 15.2 Å². The minimum absolute atomic E-state index is 0.175. The highest BCUT2D eigenvalue weighted by Gasteiger charge is 2.13. The fraction of sp³-hybridized carbons (Fsp3) is 0.316. The van der Waals surface area contributed by atoms with E-state index in [4.69, 9.17) is 10.00 Å². The number of nitrogens with one attached hydrogen (secondary N) is 1. The van der Waals surface area contributed by atoms with Crippen LogP contribution in [0, 0.1) is 11.3 Å². The van der Waals surface area contributed by atoms with Gasteiger partial charge in [-0.25, -0.2) is 0 Å². The lowest BCUT2D eigenvalue weighted by Crippen LogP contribution is -2.26. The van der Waals surface area contributed by atoms with Crippen LogP contribution in [0.25, 0.3) is 0 Å². The zero-order valence-electron chi connectivity index (χ0n) is 13.5. The first kappa shape index (κ1) is 17.0. The average Bonchev–Trinajstić information content (AvgIpc) is 2.62. The molecule has 2 rings (SSSR count). The second kappa shape index (κ2) is 8.33. The van der Waals surface area contributed by atoms with Gasteiger partial charge in [0.05, 0.1) is 24.8 Å². The number of ether oxygens (including phenoxy) is 1. The van der Waals surface area contributed by atoms with Crippen LogP contribution in [0.5, 0.6) is 5.75 Å². The molecule has 0 aliphatic rings. The molecule has 4 heteroatoms. The third-order valence-corrected chi connectivity index (χ3v) is 3.91. The van der Waals surface area contributed by atoms with Crippen LogP contribution in [0.3, 0.4) is 0 Å². The van der Waals surface area contributed by atoms with Crippen LogP contribution in [0.4, 0.5) is 0 Å². The van der Waals surface area contributed by atoms with Crippen molar-refractivity contribution < 1.29 is 9.84 Å². The molecule has 0 aromatic heterocycles. The molecule has 0 spiro atoms. The van der Waals surface area contributed by atoms with E-state index >= 15 is 0 Å². The van der Waals surface area contributed by atoms with Crippen LogP contribution in [-0.2, 0) is 0 Å². The molecule has 0 radical (unpaired) electrons. The van der Waals surface area contributed by atoms with Gasteiger partial charge in [0.1, 0.15) is 5.75 Å². The maximum atomic E-state index is 10.3. The Bertz CT molecular complexity index is 645. The molecule has 0 aliphatic heterocycles. The van der Waals surface area contributed by atoms with Crippen LogP contribution < -0.4 is 10.1 Å². The number of nitriles is 1. The number of aliphatic hydroxyl groups excluding tert-OH is 1. The Morgan fingerprint density at radius 3 is 2.22 bits per heavy atom. The van der Waals surface area contributed by atoms with E-state index < -0.39 is 6.10 Å². The van der Waals surface area contributed by atoms with E-state index in [1.807, 2.05) is 24.3 Å². The summed E-state index contributed by atoms with van der Waals surface area (Å²) in [5, 5.41) is 22.5. The van der Waals surface area contributed by atoms with Gasteiger partial charge >= 0.3 is 0 Å². The third kappa shape index (κ3) is 4.56. The van der Waals surface area contributed by atoms with Crippen LogP contribution in [0.1, 0.15) is 42.2 Å². The van der Waals surface area contributed by atoms with Crippen molar-refractivity contribution in [3.8, 4) is 11.8 Å². The first-order valence-corrected chi connectivity index (χ1v) is 7.73. The van der Waals surface area contributed by atoms with E-state index in [2.05, 4.69) is 18.3 Å². The van der Waals surface area contributed by atoms with E-state index in [1.54, 1.807) is 31.4 Å². The second-order valence-electron chi connectivity index (χ2n) is 5.39. The molecular weight excluding hydrogens is 288 g/mol. The molecule has 0 saturated heterocycles. The van der Waals surface area contributed by atoms with Crippen molar-refractivity contribution in [2.75, 3.05) is 13.7 Å². The number of benzene rings is 2. The van der Waals surface area contributed by atoms with Crippen molar-refractivity contribution in [1.82, 2.24) is 5.32 Å². The standard InChI is InChI=1S/C19H22N2O2/c1-3-18(15-8-10-17(23-2)11-9-15)21-13-19(22)16-6-4-14(12-20)5-7-16/h4-11,18-19,21-22H,3,13H2,1-2H3. The number of hydrogen-bond donors (Lipinski definition) is 2. The summed E-state index contributed by atoms with van der Waals surface area (Å²) >= 11 is 0. The summed E-state index contributed by atoms with van der Waals surface area (Å²) in [5.74, 6) is 0.834. The number of hydrogen-bond acceptors (Lipinski definition) is 4. The van der Waals surface area contributed by atoms with Crippen LogP contribution in [-0.4, -0.2) is 18.8 Å². The van der Waals surface area contributed by atoms with Gasteiger partial charge in [-0.05, 0) is 41.8 Å². The molecule has 4 nitrogen and oxygen atoms in total. The Kier molecular flexibility index (Phi) is 6.16. The van der Waals surface area contributed by atoms with Gasteiger partial charge in [0.25, 0.3) is 0 Å². The first-order valence-electron chi connectivity index (χ1n) is 7.73. The highest BCUT2D eigenvalue weighted by Crippen LogP contribution is 2.21.